The molecule has 6 atom stereocenters. The zero-order valence-electron chi connectivity index (χ0n) is 13.5. The lowest BCUT2D eigenvalue weighted by atomic mass is 9.94. The molecule has 1 heterocycles. The Hall–Kier alpha value is -0.310. The first kappa shape index (κ1) is 19.0. The van der Waals surface area contributed by atoms with Crippen LogP contribution in [0.2, 0.25) is 0 Å². The lowest BCUT2D eigenvalue weighted by molar-refractivity contribution is 0.0566. The lowest BCUT2D eigenvalue weighted by Gasteiger charge is -2.39. The SMILES string of the molecule is CC(C)C1CC(NO)NC(NC(=O)NC2CCC(Cl)C(Cl)C2)N1. The molecule has 7 nitrogen and oxygen atoms in total. The summed E-state index contributed by atoms with van der Waals surface area (Å²) >= 11 is 12.3. The van der Waals surface area contributed by atoms with Crippen molar-refractivity contribution in [2.75, 3.05) is 0 Å². The number of nitrogens with one attached hydrogen (secondary N) is 5. The Bertz CT molecular complexity index is 401. The van der Waals surface area contributed by atoms with Gasteiger partial charge in [-0.2, -0.15) is 5.48 Å². The van der Waals surface area contributed by atoms with Crippen molar-refractivity contribution >= 4 is 29.2 Å². The Labute approximate surface area is 147 Å². The van der Waals surface area contributed by atoms with Crippen molar-refractivity contribution in [2.24, 2.45) is 5.92 Å². The van der Waals surface area contributed by atoms with Crippen LogP contribution in [0.4, 0.5) is 4.79 Å². The molecule has 1 saturated carbocycles. The van der Waals surface area contributed by atoms with Crippen LogP contribution in [0.3, 0.4) is 0 Å². The van der Waals surface area contributed by atoms with Gasteiger partial charge in [0.2, 0.25) is 0 Å². The molecule has 0 aromatic carbocycles. The molecule has 9 heteroatoms. The number of carbonyl (C=O) groups is 1. The van der Waals surface area contributed by atoms with Gasteiger partial charge in [0.15, 0.2) is 0 Å². The van der Waals surface area contributed by atoms with Gasteiger partial charge in [-0.3, -0.25) is 10.6 Å². The monoisotopic (exact) mass is 367 g/mol. The third-order valence-corrected chi connectivity index (χ3v) is 5.64. The summed E-state index contributed by atoms with van der Waals surface area (Å²) < 4.78 is 0. The van der Waals surface area contributed by atoms with E-state index in [1.807, 2.05) is 0 Å². The highest BCUT2D eigenvalue weighted by Gasteiger charge is 2.31. The second kappa shape index (κ2) is 8.69. The predicted molar refractivity (Wildman–Crippen MR) is 90.6 cm³/mol. The number of rotatable bonds is 4. The van der Waals surface area contributed by atoms with Gasteiger partial charge in [0.1, 0.15) is 6.29 Å². The quantitative estimate of drug-likeness (QED) is 0.332. The molecule has 0 radical (unpaired) electrons. The van der Waals surface area contributed by atoms with Crippen molar-refractivity contribution in [1.82, 2.24) is 26.7 Å². The van der Waals surface area contributed by atoms with Crippen LogP contribution in [-0.4, -0.2) is 46.5 Å². The lowest BCUT2D eigenvalue weighted by Crippen LogP contribution is -2.69. The molecule has 134 valence electrons. The van der Waals surface area contributed by atoms with Gasteiger partial charge in [-0.1, -0.05) is 13.8 Å². The molecule has 1 aliphatic heterocycles. The van der Waals surface area contributed by atoms with Crippen molar-refractivity contribution < 1.29 is 10.0 Å². The van der Waals surface area contributed by atoms with Gasteiger partial charge >= 0.3 is 6.03 Å². The van der Waals surface area contributed by atoms with E-state index in [0.29, 0.717) is 12.3 Å². The van der Waals surface area contributed by atoms with Crippen LogP contribution in [0.5, 0.6) is 0 Å². The minimum Gasteiger partial charge on any atom is -0.335 e. The normalized spacial score (nSPS) is 38.3. The van der Waals surface area contributed by atoms with E-state index < -0.39 is 6.29 Å². The summed E-state index contributed by atoms with van der Waals surface area (Å²) in [6, 6.07) is -0.0492. The van der Waals surface area contributed by atoms with Crippen molar-refractivity contribution in [3.05, 3.63) is 0 Å². The van der Waals surface area contributed by atoms with Crippen LogP contribution in [0.25, 0.3) is 0 Å². The summed E-state index contributed by atoms with van der Waals surface area (Å²) in [7, 11) is 0. The molecule has 1 saturated heterocycles. The molecule has 6 unspecified atom stereocenters. The molecule has 0 aromatic heterocycles. The number of urea groups is 1. The standard InChI is InChI=1S/C14H27Cl2N5O2/c1-7(2)11-6-12(21-23)19-13(18-11)20-14(22)17-8-3-4-9(15)10(16)5-8/h7-13,18-19,21,23H,3-6H2,1-2H3,(H2,17,20,22). The van der Waals surface area contributed by atoms with E-state index in [-0.39, 0.29) is 35.0 Å². The number of amides is 2. The second-order valence-electron chi connectivity index (χ2n) is 6.69. The van der Waals surface area contributed by atoms with E-state index >= 15 is 0 Å². The van der Waals surface area contributed by atoms with Crippen LogP contribution in [0.1, 0.15) is 39.5 Å². The van der Waals surface area contributed by atoms with Gasteiger partial charge in [-0.15, -0.1) is 23.2 Å². The maximum Gasteiger partial charge on any atom is 0.317 e. The van der Waals surface area contributed by atoms with Crippen LogP contribution in [-0.2, 0) is 0 Å². The smallest absolute Gasteiger partial charge is 0.317 e. The topological polar surface area (TPSA) is 97.5 Å². The predicted octanol–water partition coefficient (Wildman–Crippen LogP) is 1.25. The first-order chi connectivity index (χ1) is 10.9. The first-order valence-electron chi connectivity index (χ1n) is 8.16. The molecule has 0 aromatic rings. The van der Waals surface area contributed by atoms with Crippen LogP contribution >= 0.6 is 23.2 Å². The third-order valence-electron chi connectivity index (χ3n) is 4.50. The van der Waals surface area contributed by atoms with E-state index in [1.165, 1.54) is 0 Å². The van der Waals surface area contributed by atoms with E-state index in [0.717, 1.165) is 19.3 Å². The van der Waals surface area contributed by atoms with E-state index in [4.69, 9.17) is 28.4 Å². The maximum absolute atomic E-state index is 12.2. The molecule has 0 spiro atoms. The molecule has 2 rings (SSSR count). The summed E-state index contributed by atoms with van der Waals surface area (Å²) in [4.78, 5) is 12.2. The number of halogens is 2. The molecule has 2 amide bonds. The number of alkyl halides is 2. The van der Waals surface area contributed by atoms with Gasteiger partial charge in [-0.25, -0.2) is 4.79 Å². The van der Waals surface area contributed by atoms with Crippen LogP contribution in [0, 0.1) is 5.92 Å². The average Bonchev–Trinajstić information content (AvgIpc) is 2.50. The molecule has 2 fully saturated rings. The maximum atomic E-state index is 12.2. The fourth-order valence-corrected chi connectivity index (χ4v) is 3.63. The van der Waals surface area contributed by atoms with Crippen molar-refractivity contribution in [1.29, 1.82) is 0 Å². The van der Waals surface area contributed by atoms with E-state index in [1.54, 1.807) is 0 Å². The van der Waals surface area contributed by atoms with Crippen LogP contribution in [0.15, 0.2) is 0 Å². The highest BCUT2D eigenvalue weighted by atomic mass is 35.5. The fraction of sp³-hybridized carbons (Fsp3) is 0.929. The summed E-state index contributed by atoms with van der Waals surface area (Å²) in [6.07, 6.45) is 2.33. The van der Waals surface area contributed by atoms with Crippen molar-refractivity contribution in [2.45, 2.75) is 74.8 Å². The average molecular weight is 368 g/mol. The summed E-state index contributed by atoms with van der Waals surface area (Å²) in [5, 5.41) is 21.2. The zero-order valence-corrected chi connectivity index (χ0v) is 15.0. The highest BCUT2D eigenvalue weighted by Crippen LogP contribution is 2.27. The number of hydrogen-bond acceptors (Lipinski definition) is 5. The van der Waals surface area contributed by atoms with E-state index in [2.05, 4.69) is 40.6 Å². The van der Waals surface area contributed by atoms with Gasteiger partial charge < -0.3 is 15.8 Å². The number of hydroxylamine groups is 1. The first-order valence-corrected chi connectivity index (χ1v) is 9.03. The molecular weight excluding hydrogens is 341 g/mol. The Kier molecular flexibility index (Phi) is 7.19. The Morgan fingerprint density at radius 3 is 2.48 bits per heavy atom. The summed E-state index contributed by atoms with van der Waals surface area (Å²) in [6.45, 7) is 4.19. The fourth-order valence-electron chi connectivity index (χ4n) is 3.06. The summed E-state index contributed by atoms with van der Waals surface area (Å²) in [5.41, 5.74) is 2.23. The van der Waals surface area contributed by atoms with Gasteiger partial charge in [-0.05, 0) is 31.6 Å². The third kappa shape index (κ3) is 5.62. The molecule has 2 aliphatic rings. The van der Waals surface area contributed by atoms with Gasteiger partial charge in [0.25, 0.3) is 0 Å². The van der Waals surface area contributed by atoms with Gasteiger partial charge in [0, 0.05) is 12.1 Å². The molecule has 1 aliphatic carbocycles. The largest absolute Gasteiger partial charge is 0.335 e. The minimum absolute atomic E-state index is 0.0253. The number of hydrogen-bond donors (Lipinski definition) is 6. The Morgan fingerprint density at radius 2 is 1.87 bits per heavy atom. The number of carbonyl (C=O) groups excluding carboxylic acids is 1. The molecule has 6 N–H and O–H groups in total. The Balaban J connectivity index is 1.81. The van der Waals surface area contributed by atoms with E-state index in [9.17, 15) is 4.79 Å². The zero-order chi connectivity index (χ0) is 17.0. The van der Waals surface area contributed by atoms with Crippen molar-refractivity contribution in [3.63, 3.8) is 0 Å². The van der Waals surface area contributed by atoms with Gasteiger partial charge in [0.05, 0.1) is 16.9 Å². The molecule has 0 bridgehead atoms. The van der Waals surface area contributed by atoms with Crippen molar-refractivity contribution in [3.8, 4) is 0 Å². The highest BCUT2D eigenvalue weighted by molar-refractivity contribution is 6.30. The molecular formula is C14H27Cl2N5O2. The summed E-state index contributed by atoms with van der Waals surface area (Å²) in [5.74, 6) is 0.385. The minimum atomic E-state index is -0.419. The Morgan fingerprint density at radius 1 is 1.13 bits per heavy atom. The van der Waals surface area contributed by atoms with Crippen LogP contribution < -0.4 is 26.7 Å². The second-order valence-corrected chi connectivity index (χ2v) is 7.82. The molecule has 23 heavy (non-hydrogen) atoms.